The van der Waals surface area contributed by atoms with Gasteiger partial charge in [0.05, 0.1) is 24.3 Å². The van der Waals surface area contributed by atoms with Crippen molar-refractivity contribution in [2.75, 3.05) is 12.3 Å². The standard InChI is InChI=1S/2C2H5O5P.2Na/c2*3-2(4)1-8(5,6)7;;/h2*1H2,(H,3,4)(H2,5,6,7);;/q;;2*+1/p-2. The Bertz CT molecular complexity index is 310. The van der Waals surface area contributed by atoms with Gasteiger partial charge in [0.1, 0.15) is 0 Å². The van der Waals surface area contributed by atoms with E-state index in [1.807, 2.05) is 0 Å². The van der Waals surface area contributed by atoms with Gasteiger partial charge >= 0.3 is 74.3 Å². The first-order valence-corrected chi connectivity index (χ1v) is 6.92. The van der Waals surface area contributed by atoms with E-state index in [-0.39, 0.29) is 59.1 Å². The zero-order chi connectivity index (χ0) is 13.6. The minimum Gasteiger partial charge on any atom is -0.549 e. The minimum atomic E-state index is -4.38. The SMILES string of the molecule is O=C([O-])CP(=O)(O)O.O=C([O-])CP(=O)(O)O.[Na+].[Na+]. The minimum absolute atomic E-state index is 0. The molecule has 0 aromatic rings. The van der Waals surface area contributed by atoms with Gasteiger partial charge in [-0.1, -0.05) is 0 Å². The largest absolute Gasteiger partial charge is 1.00 e. The predicted octanol–water partition coefficient (Wildman–Crippen LogP) is -10.2. The fraction of sp³-hybridized carbons (Fsp3) is 0.500. The molecule has 0 bridgehead atoms. The molecule has 0 aliphatic rings. The Kier molecular flexibility index (Phi) is 18.4. The van der Waals surface area contributed by atoms with Gasteiger partial charge in [-0.2, -0.15) is 0 Å². The summed E-state index contributed by atoms with van der Waals surface area (Å²) in [6.45, 7) is 0. The van der Waals surface area contributed by atoms with Crippen LogP contribution < -0.4 is 69.3 Å². The van der Waals surface area contributed by atoms with E-state index in [9.17, 15) is 28.9 Å². The molecule has 0 spiro atoms. The molecule has 0 unspecified atom stereocenters. The molecular weight excluding hydrogens is 316 g/mol. The summed E-state index contributed by atoms with van der Waals surface area (Å²) >= 11 is 0. The fourth-order valence-electron chi connectivity index (χ4n) is 0.336. The van der Waals surface area contributed by atoms with Crippen LogP contribution in [0.15, 0.2) is 0 Å². The molecule has 10 nitrogen and oxygen atoms in total. The van der Waals surface area contributed by atoms with Gasteiger partial charge in [-0.3, -0.25) is 9.13 Å². The summed E-state index contributed by atoms with van der Waals surface area (Å²) < 4.78 is 19.4. The van der Waals surface area contributed by atoms with Gasteiger partial charge in [0.15, 0.2) is 0 Å². The third-order valence-electron chi connectivity index (χ3n) is 0.670. The van der Waals surface area contributed by atoms with Crippen molar-refractivity contribution in [1.29, 1.82) is 0 Å². The quantitative estimate of drug-likeness (QED) is 0.284. The maximum atomic E-state index is 9.72. The van der Waals surface area contributed by atoms with Crippen molar-refractivity contribution < 1.29 is 108 Å². The molecule has 0 radical (unpaired) electrons. The number of carboxylic acid groups (broad SMARTS) is 2. The van der Waals surface area contributed by atoms with E-state index < -0.39 is 39.5 Å². The second-order valence-electron chi connectivity index (χ2n) is 2.39. The molecule has 0 aliphatic heterocycles. The summed E-state index contributed by atoms with van der Waals surface area (Å²) in [5.41, 5.74) is 0. The molecule has 0 aromatic carbocycles. The Hall–Kier alpha value is 1.24. The first-order valence-electron chi connectivity index (χ1n) is 3.32. The number of hydrogen-bond donors (Lipinski definition) is 4. The van der Waals surface area contributed by atoms with Gasteiger partial charge in [-0.25, -0.2) is 0 Å². The maximum Gasteiger partial charge on any atom is 1.00 e. The molecule has 0 rings (SSSR count). The Balaban J connectivity index is -0.0000000980. The van der Waals surface area contributed by atoms with Crippen LogP contribution in [0, 0.1) is 0 Å². The molecule has 0 atom stereocenters. The van der Waals surface area contributed by atoms with Crippen molar-refractivity contribution in [3.8, 4) is 0 Å². The van der Waals surface area contributed by atoms with E-state index in [0.29, 0.717) is 0 Å². The van der Waals surface area contributed by atoms with Gasteiger partial charge in [0.2, 0.25) is 0 Å². The van der Waals surface area contributed by atoms with Gasteiger partial charge in [0.25, 0.3) is 0 Å². The Labute approximate surface area is 146 Å². The van der Waals surface area contributed by atoms with Gasteiger partial charge in [-0.05, 0) is 0 Å². The van der Waals surface area contributed by atoms with Crippen molar-refractivity contribution in [3.05, 3.63) is 0 Å². The molecule has 0 amide bonds. The van der Waals surface area contributed by atoms with Crippen molar-refractivity contribution in [2.45, 2.75) is 0 Å². The van der Waals surface area contributed by atoms with E-state index in [2.05, 4.69) is 0 Å². The fourth-order valence-corrected chi connectivity index (χ4v) is 1.01. The third-order valence-corrected chi connectivity index (χ3v) is 2.01. The van der Waals surface area contributed by atoms with Crippen molar-refractivity contribution >= 4 is 27.1 Å². The number of aliphatic carboxylic acids is 2. The van der Waals surface area contributed by atoms with Crippen molar-refractivity contribution in [2.24, 2.45) is 0 Å². The van der Waals surface area contributed by atoms with E-state index in [1.54, 1.807) is 0 Å². The average Bonchev–Trinajstić information content (AvgIpc) is 1.72. The molecule has 14 heteroatoms. The van der Waals surface area contributed by atoms with Crippen molar-refractivity contribution in [3.63, 3.8) is 0 Å². The van der Waals surface area contributed by atoms with Crippen molar-refractivity contribution in [1.82, 2.24) is 0 Å². The van der Waals surface area contributed by atoms with Crippen LogP contribution in [0.1, 0.15) is 0 Å². The molecule has 0 aliphatic carbocycles. The number of hydrogen-bond acceptors (Lipinski definition) is 6. The van der Waals surface area contributed by atoms with Crippen LogP contribution >= 0.6 is 15.2 Å². The Morgan fingerprint density at radius 2 is 0.944 bits per heavy atom. The average molecular weight is 324 g/mol. The zero-order valence-corrected chi connectivity index (χ0v) is 15.3. The topological polar surface area (TPSA) is 195 Å². The first-order chi connectivity index (χ1) is 6.83. The normalized spacial score (nSPS) is 10.0. The molecule has 0 fully saturated rings. The number of carboxylic acids is 2. The van der Waals surface area contributed by atoms with E-state index in [1.165, 1.54) is 0 Å². The van der Waals surface area contributed by atoms with E-state index in [4.69, 9.17) is 19.6 Å². The Morgan fingerprint density at radius 1 is 0.778 bits per heavy atom. The summed E-state index contributed by atoms with van der Waals surface area (Å²) in [5, 5.41) is 18.8. The summed E-state index contributed by atoms with van der Waals surface area (Å²) in [7, 11) is -8.77. The summed E-state index contributed by atoms with van der Waals surface area (Å²) in [6.07, 6.45) is -2.40. The van der Waals surface area contributed by atoms with Crippen LogP contribution in [0.25, 0.3) is 0 Å². The molecule has 4 N–H and O–H groups in total. The van der Waals surface area contributed by atoms with Crippen LogP contribution in [0.4, 0.5) is 0 Å². The maximum absolute atomic E-state index is 9.72. The number of carbonyl (C=O) groups is 2. The number of rotatable bonds is 4. The zero-order valence-electron chi connectivity index (χ0n) is 9.55. The van der Waals surface area contributed by atoms with Crippen LogP contribution in [0.5, 0.6) is 0 Å². The number of carbonyl (C=O) groups excluding carboxylic acids is 2. The second-order valence-corrected chi connectivity index (χ2v) is 5.68. The predicted molar refractivity (Wildman–Crippen MR) is 43.8 cm³/mol. The second kappa shape index (κ2) is 12.0. The summed E-state index contributed by atoms with van der Waals surface area (Å²) in [6, 6.07) is 0. The van der Waals surface area contributed by atoms with Gasteiger partial charge in [0, 0.05) is 0 Å². The van der Waals surface area contributed by atoms with Crippen LogP contribution in [0.2, 0.25) is 0 Å². The van der Waals surface area contributed by atoms with Gasteiger partial charge < -0.3 is 39.4 Å². The monoisotopic (exact) mass is 324 g/mol. The van der Waals surface area contributed by atoms with Gasteiger partial charge in [-0.15, -0.1) is 0 Å². The van der Waals surface area contributed by atoms with E-state index >= 15 is 0 Å². The molecule has 0 saturated heterocycles. The molecule has 96 valence electrons. The third kappa shape index (κ3) is 36.0. The summed E-state index contributed by atoms with van der Waals surface area (Å²) in [4.78, 5) is 50.3. The molecule has 0 heterocycles. The molecule has 0 saturated carbocycles. The van der Waals surface area contributed by atoms with Crippen LogP contribution in [-0.2, 0) is 18.7 Å². The van der Waals surface area contributed by atoms with E-state index in [0.717, 1.165) is 0 Å². The molecular formula is C4H8Na2O10P2. The smallest absolute Gasteiger partial charge is 0.549 e. The van der Waals surface area contributed by atoms with Crippen LogP contribution in [0.3, 0.4) is 0 Å². The first kappa shape index (κ1) is 27.6. The summed E-state index contributed by atoms with van der Waals surface area (Å²) in [5.74, 6) is -3.48. The van der Waals surface area contributed by atoms with Crippen LogP contribution in [-0.4, -0.2) is 43.8 Å². The Morgan fingerprint density at radius 3 is 0.944 bits per heavy atom. The molecule has 18 heavy (non-hydrogen) atoms. The molecule has 0 aromatic heterocycles.